The topological polar surface area (TPSA) is 6.48 Å². The highest BCUT2D eigenvalue weighted by Crippen LogP contribution is 2.22. The van der Waals surface area contributed by atoms with E-state index in [9.17, 15) is 0 Å². The van der Waals surface area contributed by atoms with Gasteiger partial charge >= 0.3 is 0 Å². The lowest BCUT2D eigenvalue weighted by atomic mass is 9.94. The van der Waals surface area contributed by atoms with E-state index in [0.717, 1.165) is 12.0 Å². The van der Waals surface area contributed by atoms with Gasteiger partial charge in [0, 0.05) is 24.7 Å². The molecule has 0 spiro atoms. The molecule has 0 radical (unpaired) electrons. The number of nitrogens with zero attached hydrogens (tertiary/aromatic N) is 2. The van der Waals surface area contributed by atoms with Crippen molar-refractivity contribution >= 4 is 0 Å². The monoisotopic (exact) mass is 184 g/mol. The van der Waals surface area contributed by atoms with Crippen LogP contribution in [0.2, 0.25) is 0 Å². The fourth-order valence-corrected chi connectivity index (χ4v) is 2.28. The first-order valence-electron chi connectivity index (χ1n) is 5.37. The van der Waals surface area contributed by atoms with Crippen LogP contribution in [-0.2, 0) is 0 Å². The van der Waals surface area contributed by atoms with E-state index >= 15 is 0 Å². The summed E-state index contributed by atoms with van der Waals surface area (Å²) in [6, 6.07) is 2.07. The summed E-state index contributed by atoms with van der Waals surface area (Å²) in [4.78, 5) is 5.02. The minimum atomic E-state index is 0.672. The predicted molar refractivity (Wildman–Crippen MR) is 57.9 cm³/mol. The molecule has 0 aliphatic carbocycles. The maximum Gasteiger partial charge on any atom is 0.0246 e. The molecule has 1 rings (SSSR count). The van der Waals surface area contributed by atoms with E-state index in [1.54, 1.807) is 0 Å². The average Bonchev–Trinajstić information content (AvgIpc) is 2.07. The molecule has 2 heteroatoms. The Morgan fingerprint density at radius 2 is 1.62 bits per heavy atom. The normalized spacial score (nSPS) is 38.5. The molecule has 1 aliphatic heterocycles. The van der Waals surface area contributed by atoms with Gasteiger partial charge in [-0.15, -0.1) is 0 Å². The van der Waals surface area contributed by atoms with Crippen molar-refractivity contribution in [1.29, 1.82) is 0 Å². The van der Waals surface area contributed by atoms with Crippen LogP contribution in [0.5, 0.6) is 0 Å². The lowest BCUT2D eigenvalue weighted by Gasteiger charge is -2.48. The first kappa shape index (κ1) is 11.0. The fraction of sp³-hybridized carbons (Fsp3) is 1.00. The zero-order valence-corrected chi connectivity index (χ0v) is 9.91. The van der Waals surface area contributed by atoms with Crippen LogP contribution in [0.4, 0.5) is 0 Å². The third kappa shape index (κ3) is 2.05. The van der Waals surface area contributed by atoms with Crippen molar-refractivity contribution in [2.75, 3.05) is 20.6 Å². The molecule has 0 amide bonds. The Kier molecular flexibility index (Phi) is 3.36. The van der Waals surface area contributed by atoms with Gasteiger partial charge in [-0.1, -0.05) is 13.8 Å². The van der Waals surface area contributed by atoms with Crippen LogP contribution in [0.15, 0.2) is 0 Å². The fourth-order valence-electron chi connectivity index (χ4n) is 2.28. The smallest absolute Gasteiger partial charge is 0.0246 e. The highest BCUT2D eigenvalue weighted by molar-refractivity contribution is 4.90. The number of likely N-dealkylation sites (N-methyl/N-ethyl adjacent to an activating group) is 2. The maximum absolute atomic E-state index is 2.54. The molecule has 0 saturated carbocycles. The molecule has 0 bridgehead atoms. The minimum Gasteiger partial charge on any atom is -0.301 e. The highest BCUT2D eigenvalue weighted by Gasteiger charge is 2.34. The van der Waals surface area contributed by atoms with Crippen LogP contribution >= 0.6 is 0 Å². The van der Waals surface area contributed by atoms with E-state index in [1.165, 1.54) is 6.54 Å². The molecule has 1 aliphatic rings. The second-order valence-electron chi connectivity index (χ2n) is 4.90. The third-order valence-corrected chi connectivity index (χ3v) is 3.80. The molecule has 1 heterocycles. The quantitative estimate of drug-likeness (QED) is 0.611. The summed E-state index contributed by atoms with van der Waals surface area (Å²) in [7, 11) is 4.50. The lowest BCUT2D eigenvalue weighted by Crippen LogP contribution is -2.60. The molecule has 0 aromatic rings. The van der Waals surface area contributed by atoms with E-state index < -0.39 is 0 Å². The average molecular weight is 184 g/mol. The summed E-state index contributed by atoms with van der Waals surface area (Å²) in [5.74, 6) is 0.752. The van der Waals surface area contributed by atoms with Crippen LogP contribution in [-0.4, -0.2) is 48.6 Å². The molecule has 1 fully saturated rings. The van der Waals surface area contributed by atoms with Gasteiger partial charge in [-0.3, -0.25) is 4.90 Å². The van der Waals surface area contributed by atoms with Crippen LogP contribution in [0, 0.1) is 5.92 Å². The summed E-state index contributed by atoms with van der Waals surface area (Å²) in [5.41, 5.74) is 0. The SMILES string of the molecule is CC(C)C1CN(C)C(C)C(C)N1C. The van der Waals surface area contributed by atoms with Crippen LogP contribution in [0.1, 0.15) is 27.7 Å². The van der Waals surface area contributed by atoms with Crippen LogP contribution in [0.25, 0.3) is 0 Å². The van der Waals surface area contributed by atoms with E-state index in [2.05, 4.69) is 51.6 Å². The number of piperazine rings is 1. The molecular formula is C11H24N2. The van der Waals surface area contributed by atoms with Gasteiger partial charge in [-0.25, -0.2) is 0 Å². The zero-order valence-electron chi connectivity index (χ0n) is 9.91. The van der Waals surface area contributed by atoms with Crippen molar-refractivity contribution in [1.82, 2.24) is 9.80 Å². The Hall–Kier alpha value is -0.0800. The highest BCUT2D eigenvalue weighted by atomic mass is 15.3. The molecule has 3 unspecified atom stereocenters. The number of rotatable bonds is 1. The van der Waals surface area contributed by atoms with Gasteiger partial charge in [0.15, 0.2) is 0 Å². The molecule has 0 N–H and O–H groups in total. The van der Waals surface area contributed by atoms with Crippen molar-refractivity contribution in [3.63, 3.8) is 0 Å². The van der Waals surface area contributed by atoms with E-state index in [-0.39, 0.29) is 0 Å². The Balaban J connectivity index is 2.70. The van der Waals surface area contributed by atoms with Gasteiger partial charge < -0.3 is 4.90 Å². The third-order valence-electron chi connectivity index (χ3n) is 3.80. The predicted octanol–water partition coefficient (Wildman–Crippen LogP) is 1.67. The minimum absolute atomic E-state index is 0.672. The van der Waals surface area contributed by atoms with Gasteiger partial charge in [0.05, 0.1) is 0 Å². The van der Waals surface area contributed by atoms with E-state index in [4.69, 9.17) is 0 Å². The molecule has 1 saturated heterocycles. The van der Waals surface area contributed by atoms with Gasteiger partial charge in [0.1, 0.15) is 0 Å². The van der Waals surface area contributed by atoms with E-state index in [0.29, 0.717) is 12.1 Å². The lowest BCUT2D eigenvalue weighted by molar-refractivity contribution is 0.00496. The summed E-state index contributed by atoms with van der Waals surface area (Å²) >= 11 is 0. The second kappa shape index (κ2) is 3.97. The number of hydrogen-bond acceptors (Lipinski definition) is 2. The van der Waals surface area contributed by atoms with Crippen molar-refractivity contribution in [2.45, 2.75) is 45.8 Å². The molecular weight excluding hydrogens is 160 g/mol. The summed E-state index contributed by atoms with van der Waals surface area (Å²) in [5, 5.41) is 0. The van der Waals surface area contributed by atoms with Crippen molar-refractivity contribution in [2.24, 2.45) is 5.92 Å². The molecule has 3 atom stereocenters. The Morgan fingerprint density at radius 3 is 2.08 bits per heavy atom. The van der Waals surface area contributed by atoms with Crippen molar-refractivity contribution in [3.8, 4) is 0 Å². The van der Waals surface area contributed by atoms with Gasteiger partial charge in [-0.05, 0) is 33.9 Å². The first-order valence-corrected chi connectivity index (χ1v) is 5.37. The molecule has 78 valence electrons. The van der Waals surface area contributed by atoms with Crippen LogP contribution < -0.4 is 0 Å². The molecule has 2 nitrogen and oxygen atoms in total. The Bertz CT molecular complexity index is 167. The van der Waals surface area contributed by atoms with Gasteiger partial charge in [0.2, 0.25) is 0 Å². The van der Waals surface area contributed by atoms with E-state index in [1.807, 2.05) is 0 Å². The van der Waals surface area contributed by atoms with Crippen molar-refractivity contribution in [3.05, 3.63) is 0 Å². The molecule has 0 aromatic heterocycles. The van der Waals surface area contributed by atoms with Gasteiger partial charge in [-0.2, -0.15) is 0 Å². The standard InChI is InChI=1S/C11H24N2/c1-8(2)11-7-12(5)9(3)10(4)13(11)6/h8-11H,7H2,1-6H3. The first-order chi connectivity index (χ1) is 5.95. The summed E-state index contributed by atoms with van der Waals surface area (Å²) in [6.07, 6.45) is 0. The second-order valence-corrected chi connectivity index (χ2v) is 4.90. The summed E-state index contributed by atoms with van der Waals surface area (Å²) in [6.45, 7) is 10.5. The zero-order chi connectivity index (χ0) is 10.2. The Labute approximate surface area is 82.9 Å². The maximum atomic E-state index is 2.54. The van der Waals surface area contributed by atoms with Gasteiger partial charge in [0.25, 0.3) is 0 Å². The molecule has 13 heavy (non-hydrogen) atoms. The Morgan fingerprint density at radius 1 is 1.08 bits per heavy atom. The number of hydrogen-bond donors (Lipinski definition) is 0. The van der Waals surface area contributed by atoms with Crippen molar-refractivity contribution < 1.29 is 0 Å². The molecule has 0 aromatic carbocycles. The largest absolute Gasteiger partial charge is 0.301 e. The summed E-state index contributed by atoms with van der Waals surface area (Å²) < 4.78 is 0. The van der Waals surface area contributed by atoms with Crippen LogP contribution in [0.3, 0.4) is 0 Å².